The summed E-state index contributed by atoms with van der Waals surface area (Å²) < 4.78 is 7.17. The van der Waals surface area contributed by atoms with E-state index in [1.54, 1.807) is 18.7 Å². The van der Waals surface area contributed by atoms with Crippen LogP contribution in [0.1, 0.15) is 54.1 Å². The van der Waals surface area contributed by atoms with Crippen molar-refractivity contribution in [2.24, 2.45) is 12.0 Å². The number of hydrogen-bond donors (Lipinski definition) is 1. The fourth-order valence-corrected chi connectivity index (χ4v) is 6.01. The van der Waals surface area contributed by atoms with Crippen molar-refractivity contribution < 1.29 is 9.53 Å². The number of methoxy groups -OCH3 is 1. The number of nitrogens with zero attached hydrogens (tertiary/aromatic N) is 2. The maximum absolute atomic E-state index is 13.0. The highest BCUT2D eigenvalue weighted by Gasteiger charge is 2.31. The number of hydrogen-bond acceptors (Lipinski definition) is 5. The van der Waals surface area contributed by atoms with Crippen LogP contribution in [-0.2, 0) is 11.8 Å². The number of nitrogens with one attached hydrogen (secondary N) is 1. The minimum atomic E-state index is -0.473. The van der Waals surface area contributed by atoms with Crippen molar-refractivity contribution in [1.29, 1.82) is 0 Å². The van der Waals surface area contributed by atoms with Crippen LogP contribution < -0.4 is 14.9 Å². The Morgan fingerprint density at radius 3 is 2.62 bits per heavy atom. The van der Waals surface area contributed by atoms with Crippen LogP contribution in [0.3, 0.4) is 0 Å². The van der Waals surface area contributed by atoms with E-state index in [0.29, 0.717) is 10.8 Å². The summed E-state index contributed by atoms with van der Waals surface area (Å²) in [5, 5.41) is 3.81. The zero-order valence-electron chi connectivity index (χ0n) is 19.1. The van der Waals surface area contributed by atoms with Crippen LogP contribution in [0.4, 0.5) is 0 Å². The first-order chi connectivity index (χ1) is 16.4. The largest absolute Gasteiger partial charge is 0.497 e. The summed E-state index contributed by atoms with van der Waals surface area (Å²) in [6.07, 6.45) is 4.52. The van der Waals surface area contributed by atoms with Crippen molar-refractivity contribution >= 4 is 34.6 Å². The predicted octanol–water partition coefficient (Wildman–Crippen LogP) is 5.12. The Balaban J connectivity index is 1.66. The summed E-state index contributed by atoms with van der Waals surface area (Å²) in [4.78, 5) is 31.6. The molecule has 1 unspecified atom stereocenters. The minimum absolute atomic E-state index is 0.0332. The molecule has 1 amide bonds. The molecule has 1 atom stereocenters. The number of thiazole rings is 1. The molecule has 3 aromatic rings. The van der Waals surface area contributed by atoms with E-state index in [9.17, 15) is 9.59 Å². The third-order valence-corrected chi connectivity index (χ3v) is 7.97. The average Bonchev–Trinajstić information content (AvgIpc) is 3.41. The van der Waals surface area contributed by atoms with E-state index in [2.05, 4.69) is 5.32 Å². The van der Waals surface area contributed by atoms with Crippen LogP contribution in [0.25, 0.3) is 11.3 Å². The normalized spacial score (nSPS) is 17.5. The molecule has 5 rings (SSSR count). The molecular weight excluding hydrogens is 470 g/mol. The summed E-state index contributed by atoms with van der Waals surface area (Å²) >= 11 is 7.32. The summed E-state index contributed by atoms with van der Waals surface area (Å²) in [7, 11) is 3.40. The minimum Gasteiger partial charge on any atom is -0.497 e. The van der Waals surface area contributed by atoms with Gasteiger partial charge in [-0.05, 0) is 43.2 Å². The van der Waals surface area contributed by atoms with Gasteiger partial charge in [0.1, 0.15) is 5.75 Å². The fraction of sp³-hybridized carbons (Fsp3) is 0.346. The van der Waals surface area contributed by atoms with Gasteiger partial charge in [-0.3, -0.25) is 14.6 Å². The van der Waals surface area contributed by atoms with Gasteiger partial charge in [0.25, 0.3) is 0 Å². The van der Waals surface area contributed by atoms with E-state index in [4.69, 9.17) is 21.3 Å². The monoisotopic (exact) mass is 495 g/mol. The highest BCUT2D eigenvalue weighted by Crippen LogP contribution is 2.41. The van der Waals surface area contributed by atoms with Crippen molar-refractivity contribution in [3.05, 3.63) is 73.2 Å². The Morgan fingerprint density at radius 2 is 1.91 bits per heavy atom. The van der Waals surface area contributed by atoms with E-state index in [1.165, 1.54) is 0 Å². The Morgan fingerprint density at radius 1 is 1.18 bits per heavy atom. The molecule has 1 aromatic heterocycles. The average molecular weight is 496 g/mol. The molecule has 1 aliphatic heterocycles. The zero-order valence-corrected chi connectivity index (χ0v) is 20.7. The second-order valence-electron chi connectivity index (χ2n) is 8.80. The number of halogens is 1. The lowest BCUT2D eigenvalue weighted by molar-refractivity contribution is -0.122. The second kappa shape index (κ2) is 9.39. The third kappa shape index (κ3) is 4.30. The van der Waals surface area contributed by atoms with Crippen LogP contribution in [0.15, 0.2) is 52.3 Å². The Bertz CT molecular complexity index is 1320. The first-order valence-electron chi connectivity index (χ1n) is 11.5. The molecule has 2 heterocycles. The Hall–Kier alpha value is -2.90. The van der Waals surface area contributed by atoms with Crippen molar-refractivity contribution in [2.45, 2.75) is 44.2 Å². The van der Waals surface area contributed by atoms with Gasteiger partial charge in [-0.15, -0.1) is 0 Å². The van der Waals surface area contributed by atoms with Crippen LogP contribution in [0.2, 0.25) is 5.02 Å². The van der Waals surface area contributed by atoms with Crippen molar-refractivity contribution in [3.63, 3.8) is 0 Å². The highest BCUT2D eigenvalue weighted by atomic mass is 35.5. The zero-order chi connectivity index (χ0) is 23.8. The molecule has 0 radical (unpaired) electrons. The molecule has 2 aromatic carbocycles. The molecule has 0 spiro atoms. The topological polar surface area (TPSA) is 72.7 Å². The lowest BCUT2D eigenvalue weighted by Gasteiger charge is -2.16. The highest BCUT2D eigenvalue weighted by molar-refractivity contribution is 7.09. The number of fused-ring (bicyclic) bond motifs is 3. The fourth-order valence-electron chi connectivity index (χ4n) is 4.85. The first kappa shape index (κ1) is 22.9. The first-order valence-corrected chi connectivity index (χ1v) is 12.7. The SMILES string of the molecule is COc1ccc2c(c1)C(c1ccc(Cl)cc1)=NC(CC(=O)NC1CCCC1)c1sc(=O)n(C)c1-2. The summed E-state index contributed by atoms with van der Waals surface area (Å²) in [5.41, 5.74) is 4.19. The number of carbonyl (C=O) groups is 1. The molecule has 0 saturated heterocycles. The van der Waals surface area contributed by atoms with Gasteiger partial charge in [0, 0.05) is 34.8 Å². The smallest absolute Gasteiger partial charge is 0.307 e. The molecular formula is C26H26ClN3O3S. The summed E-state index contributed by atoms with van der Waals surface area (Å²) in [5.74, 6) is 0.661. The molecule has 2 aliphatic rings. The lowest BCUT2D eigenvalue weighted by atomic mass is 9.95. The molecule has 1 saturated carbocycles. The van der Waals surface area contributed by atoms with Gasteiger partial charge < -0.3 is 14.6 Å². The molecule has 1 aliphatic carbocycles. The number of carbonyl (C=O) groups excluding carboxylic acids is 1. The van der Waals surface area contributed by atoms with Gasteiger partial charge in [0.2, 0.25) is 5.91 Å². The standard InChI is InChI=1S/C26H26ClN3O3S/c1-30-24-19-12-11-18(33-2)13-20(19)23(15-7-9-16(27)10-8-15)29-21(25(24)34-26(30)32)14-22(31)28-17-5-3-4-6-17/h7-13,17,21H,3-6,14H2,1-2H3,(H,28,31). The molecule has 6 nitrogen and oxygen atoms in total. The number of benzene rings is 2. The molecule has 1 N–H and O–H groups in total. The summed E-state index contributed by atoms with van der Waals surface area (Å²) in [6.45, 7) is 0. The van der Waals surface area contributed by atoms with E-state index < -0.39 is 6.04 Å². The Kier molecular flexibility index (Phi) is 6.32. The van der Waals surface area contributed by atoms with Crippen LogP contribution >= 0.6 is 22.9 Å². The molecule has 176 valence electrons. The number of aliphatic imine (C=N–C) groups is 1. The quantitative estimate of drug-likeness (QED) is 0.534. The lowest BCUT2D eigenvalue weighted by Crippen LogP contribution is -2.33. The predicted molar refractivity (Wildman–Crippen MR) is 136 cm³/mol. The van der Waals surface area contributed by atoms with Crippen molar-refractivity contribution in [3.8, 4) is 17.0 Å². The van der Waals surface area contributed by atoms with Gasteiger partial charge in [0.15, 0.2) is 0 Å². The van der Waals surface area contributed by atoms with Gasteiger partial charge in [-0.25, -0.2) is 0 Å². The van der Waals surface area contributed by atoms with E-state index in [0.717, 1.165) is 70.0 Å². The van der Waals surface area contributed by atoms with Gasteiger partial charge in [0.05, 0.1) is 35.9 Å². The van der Waals surface area contributed by atoms with Gasteiger partial charge in [-0.2, -0.15) is 0 Å². The number of ether oxygens (including phenoxy) is 1. The third-order valence-electron chi connectivity index (χ3n) is 6.58. The summed E-state index contributed by atoms with van der Waals surface area (Å²) in [6, 6.07) is 13.1. The van der Waals surface area contributed by atoms with Gasteiger partial charge >= 0.3 is 4.87 Å². The maximum atomic E-state index is 13.0. The van der Waals surface area contributed by atoms with Crippen LogP contribution in [0.5, 0.6) is 5.75 Å². The number of aromatic nitrogens is 1. The van der Waals surface area contributed by atoms with Crippen molar-refractivity contribution in [1.82, 2.24) is 9.88 Å². The van der Waals surface area contributed by atoms with E-state index in [-0.39, 0.29) is 23.2 Å². The second-order valence-corrected chi connectivity index (χ2v) is 10.2. The van der Waals surface area contributed by atoms with E-state index >= 15 is 0 Å². The molecule has 8 heteroatoms. The Labute approximate surface area is 207 Å². The molecule has 0 bridgehead atoms. The van der Waals surface area contributed by atoms with Crippen molar-refractivity contribution in [2.75, 3.05) is 7.11 Å². The molecule has 34 heavy (non-hydrogen) atoms. The maximum Gasteiger partial charge on any atom is 0.307 e. The number of rotatable bonds is 5. The van der Waals surface area contributed by atoms with Crippen LogP contribution in [-0.4, -0.2) is 29.3 Å². The van der Waals surface area contributed by atoms with Crippen LogP contribution in [0, 0.1) is 0 Å². The number of amides is 1. The van der Waals surface area contributed by atoms with E-state index in [1.807, 2.05) is 42.5 Å². The van der Waals surface area contributed by atoms with Gasteiger partial charge in [-0.1, -0.05) is 47.9 Å². The molecule has 1 fully saturated rings.